The van der Waals surface area contributed by atoms with Crippen LogP contribution in [0.25, 0.3) is 0 Å². The molecule has 3 heteroatoms. The maximum Gasteiger partial charge on any atom is 0.0177 e. The van der Waals surface area contributed by atoms with Crippen LogP contribution in [-0.2, 0) is 0 Å². The monoisotopic (exact) mass is 195 g/mol. The Morgan fingerprint density at radius 2 is 0.786 bits per heavy atom. The first-order chi connectivity index (χ1) is 6.55. The van der Waals surface area contributed by atoms with E-state index in [2.05, 4.69) is 35.8 Å². The van der Waals surface area contributed by atoms with E-state index in [0.717, 1.165) is 0 Å². The number of hydrogen-bond donors (Lipinski definition) is 0. The minimum Gasteiger partial charge on any atom is -0.305 e. The summed E-state index contributed by atoms with van der Waals surface area (Å²) in [4.78, 5) is 7.62. The van der Waals surface area contributed by atoms with Gasteiger partial charge in [-0.3, -0.25) is 0 Å². The minimum absolute atomic E-state index is 0.589. The first-order valence-corrected chi connectivity index (χ1v) is 5.61. The van der Waals surface area contributed by atoms with Crippen molar-refractivity contribution >= 4 is 0 Å². The van der Waals surface area contributed by atoms with Crippen molar-refractivity contribution in [1.29, 1.82) is 0 Å². The van der Waals surface area contributed by atoms with Gasteiger partial charge in [0.05, 0.1) is 0 Å². The molecule has 14 heavy (non-hydrogen) atoms. The minimum atomic E-state index is 0.589. The molecule has 3 saturated heterocycles. The van der Waals surface area contributed by atoms with Crippen molar-refractivity contribution in [2.45, 2.75) is 0 Å². The molecule has 0 aromatic carbocycles. The van der Waals surface area contributed by atoms with Gasteiger partial charge >= 0.3 is 0 Å². The Balaban J connectivity index is 1.99. The van der Waals surface area contributed by atoms with Gasteiger partial charge in [-0.25, -0.2) is 0 Å². The zero-order valence-corrected chi connectivity index (χ0v) is 9.58. The third kappa shape index (κ3) is 0.930. The fourth-order valence-electron chi connectivity index (χ4n) is 4.57. The van der Waals surface area contributed by atoms with E-state index in [0.29, 0.717) is 10.8 Å². The summed E-state index contributed by atoms with van der Waals surface area (Å²) in [6.07, 6.45) is 0. The van der Waals surface area contributed by atoms with Gasteiger partial charge in [-0.05, 0) is 21.1 Å². The average Bonchev–Trinajstić information content (AvgIpc) is 2.39. The van der Waals surface area contributed by atoms with E-state index in [1.54, 1.807) is 0 Å². The second-order valence-corrected chi connectivity index (χ2v) is 6.08. The van der Waals surface area contributed by atoms with Crippen LogP contribution in [0.5, 0.6) is 0 Å². The molecule has 80 valence electrons. The largest absolute Gasteiger partial charge is 0.305 e. The van der Waals surface area contributed by atoms with Gasteiger partial charge in [-0.15, -0.1) is 0 Å². The van der Waals surface area contributed by atoms with Crippen LogP contribution in [0.4, 0.5) is 0 Å². The molecular formula is C11H21N3. The molecule has 3 fully saturated rings. The molecule has 0 aromatic rings. The van der Waals surface area contributed by atoms with Gasteiger partial charge in [0.15, 0.2) is 0 Å². The van der Waals surface area contributed by atoms with Crippen LogP contribution in [0.1, 0.15) is 0 Å². The van der Waals surface area contributed by atoms with E-state index in [-0.39, 0.29) is 0 Å². The predicted octanol–water partition coefficient (Wildman–Crippen LogP) is -0.205. The lowest BCUT2D eigenvalue weighted by molar-refractivity contribution is 0.209. The maximum atomic E-state index is 2.54. The van der Waals surface area contributed by atoms with Gasteiger partial charge in [-0.2, -0.15) is 0 Å². The third-order valence-electron chi connectivity index (χ3n) is 4.56. The topological polar surface area (TPSA) is 9.72 Å². The lowest BCUT2D eigenvalue weighted by atomic mass is 9.71. The quantitative estimate of drug-likeness (QED) is 0.530. The smallest absolute Gasteiger partial charge is 0.0177 e. The summed E-state index contributed by atoms with van der Waals surface area (Å²) < 4.78 is 0. The van der Waals surface area contributed by atoms with Crippen molar-refractivity contribution in [3.8, 4) is 0 Å². The van der Waals surface area contributed by atoms with E-state index in [4.69, 9.17) is 0 Å². The summed E-state index contributed by atoms with van der Waals surface area (Å²) in [5, 5.41) is 0. The molecule has 3 aliphatic rings. The summed E-state index contributed by atoms with van der Waals surface area (Å²) >= 11 is 0. The molecule has 0 spiro atoms. The Morgan fingerprint density at radius 3 is 1.00 bits per heavy atom. The summed E-state index contributed by atoms with van der Waals surface area (Å²) in [7, 11) is 6.85. The number of nitrogens with zero attached hydrogens (tertiary/aromatic N) is 3. The van der Waals surface area contributed by atoms with Crippen molar-refractivity contribution in [3.63, 3.8) is 0 Å². The van der Waals surface area contributed by atoms with Crippen LogP contribution in [-0.4, -0.2) is 75.1 Å². The molecule has 0 aliphatic carbocycles. The molecule has 0 unspecified atom stereocenters. The van der Waals surface area contributed by atoms with Crippen molar-refractivity contribution in [2.24, 2.45) is 10.8 Å². The second kappa shape index (κ2) is 2.52. The van der Waals surface area contributed by atoms with Crippen LogP contribution in [0.15, 0.2) is 0 Å². The Kier molecular flexibility index (Phi) is 1.64. The fourth-order valence-corrected chi connectivity index (χ4v) is 4.57. The average molecular weight is 195 g/mol. The molecule has 0 N–H and O–H groups in total. The Bertz CT molecular complexity index is 200. The summed E-state index contributed by atoms with van der Waals surface area (Å²) in [5.74, 6) is 0. The Labute approximate surface area is 86.7 Å². The number of rotatable bonds is 0. The molecule has 3 rings (SSSR count). The molecule has 0 aromatic heterocycles. The zero-order valence-electron chi connectivity index (χ0n) is 9.58. The van der Waals surface area contributed by atoms with Crippen molar-refractivity contribution in [2.75, 3.05) is 60.4 Å². The highest BCUT2D eigenvalue weighted by Gasteiger charge is 2.65. The van der Waals surface area contributed by atoms with Crippen molar-refractivity contribution < 1.29 is 0 Å². The third-order valence-corrected chi connectivity index (χ3v) is 4.56. The predicted molar refractivity (Wildman–Crippen MR) is 57.4 cm³/mol. The van der Waals surface area contributed by atoms with Crippen molar-refractivity contribution in [1.82, 2.24) is 14.7 Å². The standard InChI is InChI=1S/C11H21N3/c1-12-4-10-6-13(2)7-11(10,5-12)9-14(3)8-10/h4-9H2,1-3H3. The van der Waals surface area contributed by atoms with E-state index >= 15 is 0 Å². The number of hydrogen-bond acceptors (Lipinski definition) is 3. The normalized spacial score (nSPS) is 49.9. The first kappa shape index (κ1) is 9.13. The van der Waals surface area contributed by atoms with Gasteiger partial charge in [0.25, 0.3) is 0 Å². The lowest BCUT2D eigenvalue weighted by Gasteiger charge is -2.29. The molecule has 0 amide bonds. The maximum absolute atomic E-state index is 2.54. The molecule has 0 atom stereocenters. The fraction of sp³-hybridized carbons (Fsp3) is 1.00. The number of likely N-dealkylation sites (tertiary alicyclic amines) is 3. The van der Waals surface area contributed by atoms with E-state index in [9.17, 15) is 0 Å². The van der Waals surface area contributed by atoms with Gasteiger partial charge < -0.3 is 14.7 Å². The van der Waals surface area contributed by atoms with E-state index < -0.39 is 0 Å². The van der Waals surface area contributed by atoms with Crippen LogP contribution in [0, 0.1) is 10.8 Å². The molecule has 0 radical (unpaired) electrons. The Morgan fingerprint density at radius 1 is 0.571 bits per heavy atom. The summed E-state index contributed by atoms with van der Waals surface area (Å²) in [6, 6.07) is 0. The highest BCUT2D eigenvalue weighted by Crippen LogP contribution is 2.55. The summed E-state index contributed by atoms with van der Waals surface area (Å²) in [5.41, 5.74) is 1.18. The van der Waals surface area contributed by atoms with Crippen LogP contribution in [0.3, 0.4) is 0 Å². The molecule has 0 saturated carbocycles. The summed E-state index contributed by atoms with van der Waals surface area (Å²) in [6.45, 7) is 7.84. The van der Waals surface area contributed by atoms with E-state index in [1.807, 2.05) is 0 Å². The molecule has 3 nitrogen and oxygen atoms in total. The van der Waals surface area contributed by atoms with Crippen LogP contribution in [0.2, 0.25) is 0 Å². The lowest BCUT2D eigenvalue weighted by Crippen LogP contribution is -2.38. The molecular weight excluding hydrogens is 174 g/mol. The van der Waals surface area contributed by atoms with E-state index in [1.165, 1.54) is 39.3 Å². The van der Waals surface area contributed by atoms with Gasteiger partial charge in [0.2, 0.25) is 0 Å². The zero-order chi connectivity index (χ0) is 9.97. The molecule has 3 aliphatic heterocycles. The SMILES string of the molecule is CN1CC23CN(C)CC2(C1)CN(C)C3. The van der Waals surface area contributed by atoms with Crippen LogP contribution < -0.4 is 0 Å². The van der Waals surface area contributed by atoms with Crippen LogP contribution >= 0.6 is 0 Å². The van der Waals surface area contributed by atoms with Gasteiger partial charge in [-0.1, -0.05) is 0 Å². The van der Waals surface area contributed by atoms with Crippen molar-refractivity contribution in [3.05, 3.63) is 0 Å². The highest BCUT2D eigenvalue weighted by atomic mass is 15.3. The molecule has 3 heterocycles. The molecule has 0 bridgehead atoms. The Hall–Kier alpha value is -0.120. The highest BCUT2D eigenvalue weighted by molar-refractivity contribution is 5.18. The first-order valence-electron chi connectivity index (χ1n) is 5.61. The van der Waals surface area contributed by atoms with Gasteiger partial charge in [0, 0.05) is 50.1 Å². The van der Waals surface area contributed by atoms with Gasteiger partial charge in [0.1, 0.15) is 0 Å². The second-order valence-electron chi connectivity index (χ2n) is 6.08.